The molecular formula is C66H38N4. The summed E-state index contributed by atoms with van der Waals surface area (Å²) < 4.78 is 0. The summed E-state index contributed by atoms with van der Waals surface area (Å²) in [7, 11) is 0. The number of nitriles is 2. The molecule has 0 saturated heterocycles. The van der Waals surface area contributed by atoms with Crippen molar-refractivity contribution in [2.24, 2.45) is 4.99 Å². The number of nitrogens with zero attached hydrogens (tertiary/aromatic N) is 3. The number of aliphatic imine (C=N–C) groups is 1. The summed E-state index contributed by atoms with van der Waals surface area (Å²) >= 11 is 0. The first-order valence-electron chi connectivity index (χ1n) is 23.7. The average Bonchev–Trinajstić information content (AvgIpc) is 3.43. The van der Waals surface area contributed by atoms with Crippen LogP contribution in [0.3, 0.4) is 0 Å². The van der Waals surface area contributed by atoms with E-state index in [2.05, 4.69) is 187 Å². The molecule has 1 heterocycles. The van der Waals surface area contributed by atoms with Gasteiger partial charge in [-0.15, -0.1) is 0 Å². The SMILES string of the molecule is N#Cc1ccc(-c2ccc(C3=Nc4c(-c5ccc6ccc7cccc8ccc5c6c78)cc(-c5ccc6ccc7cccc8ccc5c6c78)cc4C(c4ccc(-c5ccc(C#N)cc5)cc4)N3)cc2)cc1. The zero-order chi connectivity index (χ0) is 46.5. The molecule has 1 atom stereocenters. The molecule has 0 aliphatic carbocycles. The van der Waals surface area contributed by atoms with Crippen LogP contribution in [0.5, 0.6) is 0 Å². The fourth-order valence-electron chi connectivity index (χ4n) is 11.3. The monoisotopic (exact) mass is 886 g/mol. The van der Waals surface area contributed by atoms with Crippen LogP contribution in [0.25, 0.3) is 109 Å². The van der Waals surface area contributed by atoms with Crippen molar-refractivity contribution in [1.82, 2.24) is 5.32 Å². The first kappa shape index (κ1) is 39.5. The van der Waals surface area contributed by atoms with Crippen LogP contribution in [0, 0.1) is 22.7 Å². The lowest BCUT2D eigenvalue weighted by molar-refractivity contribution is 0.750. The van der Waals surface area contributed by atoms with Crippen molar-refractivity contribution >= 4 is 76.2 Å². The van der Waals surface area contributed by atoms with Gasteiger partial charge >= 0.3 is 0 Å². The maximum absolute atomic E-state index is 9.49. The molecule has 13 aromatic rings. The second-order valence-corrected chi connectivity index (χ2v) is 18.5. The van der Waals surface area contributed by atoms with E-state index in [1.165, 1.54) is 70.2 Å². The molecule has 1 aliphatic rings. The number of benzene rings is 13. The summed E-state index contributed by atoms with van der Waals surface area (Å²) in [5, 5.41) is 37.9. The van der Waals surface area contributed by atoms with Gasteiger partial charge in [0.15, 0.2) is 0 Å². The highest BCUT2D eigenvalue weighted by molar-refractivity contribution is 6.27. The van der Waals surface area contributed by atoms with E-state index in [-0.39, 0.29) is 6.04 Å². The fourth-order valence-corrected chi connectivity index (χ4v) is 11.3. The normalized spacial score (nSPS) is 13.5. The minimum atomic E-state index is -0.269. The molecule has 1 N–H and O–H groups in total. The topological polar surface area (TPSA) is 72.0 Å². The molecule has 70 heavy (non-hydrogen) atoms. The Hall–Kier alpha value is -9.61. The first-order valence-corrected chi connectivity index (χ1v) is 23.7. The largest absolute Gasteiger partial charge is 0.359 e. The predicted molar refractivity (Wildman–Crippen MR) is 289 cm³/mol. The van der Waals surface area contributed by atoms with Crippen molar-refractivity contribution < 1.29 is 0 Å². The second-order valence-electron chi connectivity index (χ2n) is 18.5. The van der Waals surface area contributed by atoms with Gasteiger partial charge in [-0.25, -0.2) is 4.99 Å². The summed E-state index contributed by atoms with van der Waals surface area (Å²) in [5.41, 5.74) is 14.1. The molecule has 0 amide bonds. The van der Waals surface area contributed by atoms with Gasteiger partial charge in [0.2, 0.25) is 0 Å². The summed E-state index contributed by atoms with van der Waals surface area (Å²) in [5.74, 6) is 0.787. The molecule has 0 bridgehead atoms. The van der Waals surface area contributed by atoms with Crippen LogP contribution in [0.2, 0.25) is 0 Å². The number of hydrogen-bond donors (Lipinski definition) is 1. The number of rotatable bonds is 6. The van der Waals surface area contributed by atoms with Gasteiger partial charge in [0.05, 0.1) is 35.0 Å². The molecule has 14 rings (SSSR count). The van der Waals surface area contributed by atoms with Crippen molar-refractivity contribution in [3.63, 3.8) is 0 Å². The minimum absolute atomic E-state index is 0.269. The van der Waals surface area contributed by atoms with Crippen LogP contribution >= 0.6 is 0 Å². The highest BCUT2D eigenvalue weighted by Crippen LogP contribution is 2.49. The molecule has 0 saturated carbocycles. The molecular weight excluding hydrogens is 849 g/mol. The van der Waals surface area contributed by atoms with E-state index in [4.69, 9.17) is 4.99 Å². The summed E-state index contributed by atoms with van der Waals surface area (Å²) in [4.78, 5) is 5.69. The van der Waals surface area contributed by atoms with Crippen molar-refractivity contribution in [3.05, 3.63) is 246 Å². The summed E-state index contributed by atoms with van der Waals surface area (Å²) in [6, 6.07) is 82.4. The predicted octanol–water partition coefficient (Wildman–Crippen LogP) is 16.7. The van der Waals surface area contributed by atoms with Gasteiger partial charge in [-0.3, -0.25) is 0 Å². The zero-order valence-electron chi connectivity index (χ0n) is 37.7. The van der Waals surface area contributed by atoms with Gasteiger partial charge in [0, 0.05) is 16.7 Å². The summed E-state index contributed by atoms with van der Waals surface area (Å²) in [6.07, 6.45) is 0. The van der Waals surface area contributed by atoms with E-state index in [0.29, 0.717) is 11.1 Å². The number of fused-ring (bicyclic) bond motifs is 1. The van der Waals surface area contributed by atoms with Crippen molar-refractivity contribution in [2.45, 2.75) is 6.04 Å². The highest BCUT2D eigenvalue weighted by atomic mass is 15.1. The van der Waals surface area contributed by atoms with Crippen molar-refractivity contribution in [3.8, 4) is 56.6 Å². The molecule has 0 spiro atoms. The molecule has 0 aromatic heterocycles. The molecule has 1 aliphatic heterocycles. The van der Waals surface area contributed by atoms with Crippen LogP contribution in [-0.2, 0) is 0 Å². The summed E-state index contributed by atoms with van der Waals surface area (Å²) in [6.45, 7) is 0. The Morgan fingerprint density at radius 1 is 0.357 bits per heavy atom. The van der Waals surface area contributed by atoms with Crippen LogP contribution in [0.4, 0.5) is 5.69 Å². The van der Waals surface area contributed by atoms with Crippen LogP contribution in [-0.4, -0.2) is 5.84 Å². The van der Waals surface area contributed by atoms with Crippen LogP contribution < -0.4 is 5.32 Å². The first-order chi connectivity index (χ1) is 34.6. The number of nitrogens with one attached hydrogen (secondary N) is 1. The van der Waals surface area contributed by atoms with E-state index in [1.54, 1.807) is 0 Å². The Morgan fingerprint density at radius 2 is 0.771 bits per heavy atom. The van der Waals surface area contributed by atoms with Crippen LogP contribution in [0.1, 0.15) is 33.9 Å². The molecule has 4 nitrogen and oxygen atoms in total. The Balaban J connectivity index is 1.03. The average molecular weight is 887 g/mol. The highest BCUT2D eigenvalue weighted by Gasteiger charge is 2.29. The zero-order valence-corrected chi connectivity index (χ0v) is 37.7. The van der Waals surface area contributed by atoms with E-state index >= 15 is 0 Å². The Labute approximate surface area is 404 Å². The van der Waals surface area contributed by atoms with Gasteiger partial charge < -0.3 is 5.32 Å². The molecule has 0 radical (unpaired) electrons. The lowest BCUT2D eigenvalue weighted by Gasteiger charge is -2.30. The minimum Gasteiger partial charge on any atom is -0.359 e. The van der Waals surface area contributed by atoms with Gasteiger partial charge in [-0.2, -0.15) is 10.5 Å². The van der Waals surface area contributed by atoms with Gasteiger partial charge in [0.1, 0.15) is 5.84 Å². The van der Waals surface area contributed by atoms with E-state index in [0.717, 1.165) is 67.2 Å². The number of hydrogen-bond acceptors (Lipinski definition) is 4. The van der Waals surface area contributed by atoms with E-state index in [1.807, 2.05) is 48.5 Å². The molecule has 4 heteroatoms. The van der Waals surface area contributed by atoms with Crippen LogP contribution in [0.15, 0.2) is 223 Å². The standard InChI is InChI=1S/C66H38N4/c67-37-39-7-11-41(12-8-39)43-15-23-51(24-16-43)64-59-36-53(54-31-27-49-21-19-45-3-1-5-47-29-33-56(54)62(49)60(45)47)35-58(55-32-28-50-22-20-46-4-2-6-48-30-34-57(55)63(50)61(46)48)65(59)70-66(69-64)52-25-17-44(18-26-52)42-13-9-40(38-68)10-14-42/h1-36,64H,(H,69,70). The Morgan fingerprint density at radius 3 is 1.29 bits per heavy atom. The molecule has 322 valence electrons. The van der Waals surface area contributed by atoms with Gasteiger partial charge in [0.25, 0.3) is 0 Å². The third-order valence-corrected chi connectivity index (χ3v) is 14.7. The number of amidine groups is 1. The third-order valence-electron chi connectivity index (χ3n) is 14.7. The lowest BCUT2D eigenvalue weighted by Crippen LogP contribution is -2.33. The third kappa shape index (κ3) is 6.18. The van der Waals surface area contributed by atoms with Gasteiger partial charge in [-0.05, 0) is 146 Å². The van der Waals surface area contributed by atoms with E-state index < -0.39 is 0 Å². The van der Waals surface area contributed by atoms with Crippen molar-refractivity contribution in [1.29, 1.82) is 10.5 Å². The molecule has 0 fully saturated rings. The maximum atomic E-state index is 9.49. The second kappa shape index (κ2) is 15.5. The Kier molecular flexibility index (Phi) is 8.74. The van der Waals surface area contributed by atoms with E-state index in [9.17, 15) is 10.5 Å². The quantitative estimate of drug-likeness (QED) is 0.169. The fraction of sp³-hybridized carbons (Fsp3) is 0.0152. The Bertz CT molecular complexity index is 4330. The molecule has 1 unspecified atom stereocenters. The molecule has 13 aromatic carbocycles. The maximum Gasteiger partial charge on any atom is 0.134 e. The smallest absolute Gasteiger partial charge is 0.134 e. The van der Waals surface area contributed by atoms with Gasteiger partial charge in [-0.1, -0.05) is 182 Å². The lowest BCUT2D eigenvalue weighted by atomic mass is 9.83. The van der Waals surface area contributed by atoms with Crippen molar-refractivity contribution in [2.75, 3.05) is 0 Å².